The first kappa shape index (κ1) is 17.6. The Hall–Kier alpha value is -0.790. The molecule has 0 aromatic carbocycles. The summed E-state index contributed by atoms with van der Waals surface area (Å²) in [5, 5.41) is 4.42. The van der Waals surface area contributed by atoms with Crippen LogP contribution in [0.25, 0.3) is 0 Å². The Kier molecular flexibility index (Phi) is 10.4. The van der Waals surface area contributed by atoms with Crippen LogP contribution in [0.3, 0.4) is 0 Å². The Labute approximate surface area is 102 Å². The quantitative estimate of drug-likeness (QED) is 0.682. The monoisotopic (exact) mass is 226 g/mol. The van der Waals surface area contributed by atoms with E-state index in [9.17, 15) is 0 Å². The van der Waals surface area contributed by atoms with Crippen molar-refractivity contribution in [3.8, 4) is 0 Å². The van der Waals surface area contributed by atoms with Gasteiger partial charge in [0, 0.05) is 6.20 Å². The average molecular weight is 226 g/mol. The third kappa shape index (κ3) is 7.49. The van der Waals surface area contributed by atoms with Crippen LogP contribution in [0.5, 0.6) is 0 Å². The van der Waals surface area contributed by atoms with Gasteiger partial charge in [-0.3, -0.25) is 4.68 Å². The van der Waals surface area contributed by atoms with Crippen LogP contribution < -0.4 is 0 Å². The third-order valence-electron chi connectivity index (χ3n) is 1.69. The van der Waals surface area contributed by atoms with E-state index in [2.05, 4.69) is 52.7 Å². The summed E-state index contributed by atoms with van der Waals surface area (Å²) in [6.45, 7) is 16.8. The predicted octanol–water partition coefficient (Wildman–Crippen LogP) is 4.64. The molecular formula is C14H30N2. The highest BCUT2D eigenvalue weighted by Gasteiger charge is 2.12. The maximum absolute atomic E-state index is 4.42. The van der Waals surface area contributed by atoms with Gasteiger partial charge in [0.05, 0.1) is 11.2 Å². The second-order valence-corrected chi connectivity index (χ2v) is 4.48. The topological polar surface area (TPSA) is 17.8 Å². The van der Waals surface area contributed by atoms with Gasteiger partial charge in [0.25, 0.3) is 0 Å². The fraction of sp³-hybridized carbons (Fsp3) is 0.786. The molecule has 1 aromatic rings. The van der Waals surface area contributed by atoms with Gasteiger partial charge >= 0.3 is 0 Å². The fourth-order valence-electron chi connectivity index (χ4n) is 0.924. The Morgan fingerprint density at radius 1 is 1.12 bits per heavy atom. The number of nitrogens with zero attached hydrogens (tertiary/aromatic N) is 2. The largest absolute Gasteiger partial charge is 0.267 e. The maximum Gasteiger partial charge on any atom is 0.0622 e. The predicted molar refractivity (Wildman–Crippen MR) is 73.9 cm³/mol. The molecule has 0 saturated carbocycles. The first-order valence-corrected chi connectivity index (χ1v) is 6.50. The number of aryl methyl sites for hydroxylation is 1. The molecule has 0 aliphatic rings. The van der Waals surface area contributed by atoms with Crippen LogP contribution in [-0.2, 0) is 12.0 Å². The lowest BCUT2D eigenvalue weighted by atomic mass is 10.1. The van der Waals surface area contributed by atoms with Crippen molar-refractivity contribution in [1.82, 2.24) is 9.78 Å². The lowest BCUT2D eigenvalue weighted by Gasteiger charge is -2.18. The van der Waals surface area contributed by atoms with Crippen LogP contribution >= 0.6 is 0 Å². The van der Waals surface area contributed by atoms with Crippen LogP contribution in [0.4, 0.5) is 0 Å². The highest BCUT2D eigenvalue weighted by atomic mass is 15.3. The van der Waals surface area contributed by atoms with Crippen LogP contribution in [0.2, 0.25) is 0 Å². The van der Waals surface area contributed by atoms with Crippen molar-refractivity contribution in [3.05, 3.63) is 18.0 Å². The second kappa shape index (κ2) is 9.44. The van der Waals surface area contributed by atoms with E-state index in [1.807, 2.05) is 24.7 Å². The summed E-state index contributed by atoms with van der Waals surface area (Å²) in [7, 11) is 0. The van der Waals surface area contributed by atoms with E-state index in [1.165, 1.54) is 12.1 Å². The number of hydrogen-bond acceptors (Lipinski definition) is 1. The van der Waals surface area contributed by atoms with Gasteiger partial charge in [-0.25, -0.2) is 0 Å². The molecule has 0 aliphatic carbocycles. The normalized spacial score (nSPS) is 9.75. The number of aromatic nitrogens is 2. The smallest absolute Gasteiger partial charge is 0.0622 e. The van der Waals surface area contributed by atoms with Crippen molar-refractivity contribution in [2.24, 2.45) is 0 Å². The van der Waals surface area contributed by atoms with Gasteiger partial charge in [-0.15, -0.1) is 0 Å². The summed E-state index contributed by atoms with van der Waals surface area (Å²) in [6.07, 6.45) is 4.31. The summed E-state index contributed by atoms with van der Waals surface area (Å²) in [5.41, 5.74) is 1.29. The molecule has 96 valence electrons. The van der Waals surface area contributed by atoms with E-state index in [1.54, 1.807) is 0 Å². The lowest BCUT2D eigenvalue weighted by Crippen LogP contribution is -2.22. The molecule has 0 atom stereocenters. The van der Waals surface area contributed by atoms with E-state index in [-0.39, 0.29) is 5.54 Å². The molecule has 0 amide bonds. The van der Waals surface area contributed by atoms with Gasteiger partial charge in [0.2, 0.25) is 0 Å². The van der Waals surface area contributed by atoms with Crippen LogP contribution in [0.1, 0.15) is 67.5 Å². The third-order valence-corrected chi connectivity index (χ3v) is 1.69. The van der Waals surface area contributed by atoms with Gasteiger partial charge in [-0.2, -0.15) is 5.10 Å². The van der Waals surface area contributed by atoms with E-state index >= 15 is 0 Å². The molecule has 0 radical (unpaired) electrons. The second-order valence-electron chi connectivity index (χ2n) is 4.48. The highest BCUT2D eigenvalue weighted by Crippen LogP contribution is 2.12. The number of rotatable bonds is 1. The van der Waals surface area contributed by atoms with E-state index < -0.39 is 0 Å². The van der Waals surface area contributed by atoms with E-state index in [0.717, 1.165) is 6.42 Å². The van der Waals surface area contributed by atoms with Gasteiger partial charge in [-0.05, 0) is 33.3 Å². The molecule has 0 bridgehead atoms. The Morgan fingerprint density at radius 3 is 1.75 bits per heavy atom. The minimum atomic E-state index is 0.118. The van der Waals surface area contributed by atoms with Crippen LogP contribution in [-0.4, -0.2) is 9.78 Å². The molecule has 0 unspecified atom stereocenters. The van der Waals surface area contributed by atoms with Crippen LogP contribution in [0, 0.1) is 0 Å². The fourth-order valence-corrected chi connectivity index (χ4v) is 0.924. The average Bonchev–Trinajstić information content (AvgIpc) is 2.69. The minimum Gasteiger partial charge on any atom is -0.267 e. The molecule has 0 aliphatic heterocycles. The first-order valence-electron chi connectivity index (χ1n) is 6.50. The summed E-state index contributed by atoms with van der Waals surface area (Å²) >= 11 is 0. The maximum atomic E-state index is 4.42. The SMILES string of the molecule is CC.CCC.CCc1ccn(C(C)(C)C)n1. The molecule has 1 aromatic heterocycles. The zero-order valence-electron chi connectivity index (χ0n) is 12.5. The molecule has 0 saturated heterocycles. The molecule has 2 nitrogen and oxygen atoms in total. The summed E-state index contributed by atoms with van der Waals surface area (Å²) in [5.74, 6) is 0. The molecule has 0 N–H and O–H groups in total. The molecule has 1 heterocycles. The molecule has 2 heteroatoms. The lowest BCUT2D eigenvalue weighted by molar-refractivity contribution is 0.353. The zero-order valence-corrected chi connectivity index (χ0v) is 12.5. The zero-order chi connectivity index (χ0) is 13.2. The van der Waals surface area contributed by atoms with Crippen molar-refractivity contribution in [3.63, 3.8) is 0 Å². The van der Waals surface area contributed by atoms with Crippen molar-refractivity contribution in [1.29, 1.82) is 0 Å². The Morgan fingerprint density at radius 2 is 1.56 bits per heavy atom. The van der Waals surface area contributed by atoms with Crippen molar-refractivity contribution >= 4 is 0 Å². The van der Waals surface area contributed by atoms with Gasteiger partial charge in [-0.1, -0.05) is 41.0 Å². The van der Waals surface area contributed by atoms with Gasteiger partial charge < -0.3 is 0 Å². The number of hydrogen-bond donors (Lipinski definition) is 0. The molecule has 1 rings (SSSR count). The first-order chi connectivity index (χ1) is 7.45. The molecular weight excluding hydrogens is 196 g/mol. The van der Waals surface area contributed by atoms with E-state index in [0.29, 0.717) is 0 Å². The van der Waals surface area contributed by atoms with Crippen molar-refractivity contribution in [2.45, 2.75) is 73.8 Å². The molecule has 16 heavy (non-hydrogen) atoms. The van der Waals surface area contributed by atoms with Crippen LogP contribution in [0.15, 0.2) is 12.3 Å². The van der Waals surface area contributed by atoms with Crippen molar-refractivity contribution < 1.29 is 0 Å². The van der Waals surface area contributed by atoms with Crippen molar-refractivity contribution in [2.75, 3.05) is 0 Å². The molecule has 0 spiro atoms. The van der Waals surface area contributed by atoms with Gasteiger partial charge in [0.1, 0.15) is 0 Å². The summed E-state index contributed by atoms with van der Waals surface area (Å²) in [4.78, 5) is 0. The highest BCUT2D eigenvalue weighted by molar-refractivity contribution is 4.99. The summed E-state index contributed by atoms with van der Waals surface area (Å²) < 4.78 is 2.01. The van der Waals surface area contributed by atoms with E-state index in [4.69, 9.17) is 0 Å². The van der Waals surface area contributed by atoms with Gasteiger partial charge in [0.15, 0.2) is 0 Å². The molecule has 0 fully saturated rings. The Bertz CT molecular complexity index is 243. The standard InChI is InChI=1S/C9H16N2.C3H8.C2H6/c1-5-8-6-7-11(10-8)9(2,3)4;1-3-2;1-2/h6-7H,5H2,1-4H3;3H2,1-2H3;1-2H3. The summed E-state index contributed by atoms with van der Waals surface area (Å²) in [6, 6.07) is 2.07. The minimum absolute atomic E-state index is 0.118. The Balaban J connectivity index is 0.